The monoisotopic (exact) mass is 892 g/mol. The summed E-state index contributed by atoms with van der Waals surface area (Å²) in [4.78, 5) is 68.1. The zero-order chi connectivity index (χ0) is 45.7. The van der Waals surface area contributed by atoms with Gasteiger partial charge in [-0.1, -0.05) is 38.1 Å². The largest absolute Gasteiger partial charge is 0.375 e. The number of hydrogen-bond acceptors (Lipinski definition) is 13. The molecule has 10 rings (SSSR count). The number of rotatable bonds is 9. The molecule has 4 aliphatic rings. The normalized spacial score (nSPS) is 19.0. The molecule has 3 fully saturated rings. The number of hydrogen-bond donors (Lipinski definition) is 3. The van der Waals surface area contributed by atoms with Crippen LogP contribution >= 0.6 is 0 Å². The topological polar surface area (TPSA) is 191 Å². The zero-order valence-electron chi connectivity index (χ0n) is 38.1. The van der Waals surface area contributed by atoms with E-state index in [0.29, 0.717) is 37.9 Å². The average molecular weight is 893 g/mol. The van der Waals surface area contributed by atoms with Gasteiger partial charge >= 0.3 is 17.8 Å². The van der Waals surface area contributed by atoms with Gasteiger partial charge in [-0.2, -0.15) is 4.98 Å². The second-order valence-corrected chi connectivity index (χ2v) is 19.1. The lowest BCUT2D eigenvalue weighted by molar-refractivity contribution is -0.120. The van der Waals surface area contributed by atoms with Crippen LogP contribution in [0.15, 0.2) is 71.6 Å². The molecule has 0 spiro atoms. The van der Waals surface area contributed by atoms with Gasteiger partial charge in [0.15, 0.2) is 5.82 Å². The molecule has 342 valence electrons. The molecule has 0 bridgehead atoms. The van der Waals surface area contributed by atoms with Crippen molar-refractivity contribution >= 4 is 45.9 Å². The Kier molecular flexibility index (Phi) is 11.5. The van der Waals surface area contributed by atoms with Crippen LogP contribution in [0.3, 0.4) is 0 Å². The van der Waals surface area contributed by atoms with Gasteiger partial charge in [-0.25, -0.2) is 14.8 Å². The van der Waals surface area contributed by atoms with Gasteiger partial charge in [0.2, 0.25) is 5.91 Å². The number of urea groups is 1. The Hall–Kier alpha value is -6.72. The van der Waals surface area contributed by atoms with Gasteiger partial charge in [-0.3, -0.25) is 29.7 Å². The van der Waals surface area contributed by atoms with Crippen LogP contribution in [-0.4, -0.2) is 111 Å². The molecular formula is C49H56N12O5. The number of anilines is 3. The standard InChI is InChI=1S/C49H56N12O5/c1-29-20-32(6-11-37(29)30(2)53-45(63)46-56-47(57-66-46)49(3,4)5)43-38-22-40(54-44(38)52-28-51-43)39-21-33-26-65-27-36-25-58(18-19-60(36)41(33)23-50-39)24-31-12-15-59(16-13-31)34-7-9-35(10-8-34)61-17-14-42(62)55-48(61)64/h6-11,20-23,28,30-31,36H,12-19,24-27H2,1-5H3,(H,53,63)(H,51,52,54)(H,55,62,64)/t30-,36-/m1/s1. The lowest BCUT2D eigenvalue weighted by atomic mass is 9.95. The molecule has 4 amide bonds. The molecule has 2 atom stereocenters. The summed E-state index contributed by atoms with van der Waals surface area (Å²) in [6, 6.07) is 18.1. The number of aromatic amines is 1. The highest BCUT2D eigenvalue weighted by Crippen LogP contribution is 2.35. The van der Waals surface area contributed by atoms with Crippen molar-refractivity contribution in [2.75, 3.05) is 67.1 Å². The maximum atomic E-state index is 13.0. The SMILES string of the molecule is Cc1cc(-c2ncnc3[nH]c(-c4cc5c(cn4)N4CCN(CC6CCN(c7ccc(N8CCC(=O)NC8=O)cc7)CC6)C[C@@H]4COC5)cc23)ccc1[C@@H](C)NC(=O)c1nc(C(C)(C)C)no1. The van der Waals surface area contributed by atoms with E-state index in [1.54, 1.807) is 11.2 Å². The number of carbonyl (C=O) groups is 3. The number of fused-ring (bicyclic) bond motifs is 4. The summed E-state index contributed by atoms with van der Waals surface area (Å²) in [6.07, 6.45) is 6.16. The van der Waals surface area contributed by atoms with E-state index in [1.807, 2.05) is 65.1 Å². The Morgan fingerprint density at radius 1 is 0.955 bits per heavy atom. The third-order valence-corrected chi connectivity index (χ3v) is 13.5. The number of carbonyl (C=O) groups excluding carboxylic acids is 3. The van der Waals surface area contributed by atoms with Crippen LogP contribution in [0.5, 0.6) is 0 Å². The molecule has 0 unspecified atom stereocenters. The van der Waals surface area contributed by atoms with Gasteiger partial charge in [-0.05, 0) is 86.2 Å². The molecule has 2 aromatic carbocycles. The maximum absolute atomic E-state index is 13.0. The number of piperazine rings is 1. The summed E-state index contributed by atoms with van der Waals surface area (Å²) in [5, 5.41) is 10.3. The number of piperidine rings is 1. The summed E-state index contributed by atoms with van der Waals surface area (Å²) in [5.74, 6) is 0.419. The molecule has 3 N–H and O–H groups in total. The van der Waals surface area contributed by atoms with Crippen molar-refractivity contribution in [3.8, 4) is 22.6 Å². The van der Waals surface area contributed by atoms with Gasteiger partial charge in [-0.15, -0.1) is 0 Å². The molecule has 4 aromatic heterocycles. The maximum Gasteiger partial charge on any atom is 0.328 e. The smallest absolute Gasteiger partial charge is 0.328 e. The minimum absolute atomic E-state index is 0.0537. The van der Waals surface area contributed by atoms with Crippen LogP contribution in [0.4, 0.5) is 21.9 Å². The number of amides is 4. The van der Waals surface area contributed by atoms with Crippen molar-refractivity contribution in [1.82, 2.24) is 45.6 Å². The summed E-state index contributed by atoms with van der Waals surface area (Å²) in [5.41, 5.74) is 10.0. The predicted molar refractivity (Wildman–Crippen MR) is 250 cm³/mol. The molecule has 0 aliphatic carbocycles. The molecule has 66 heavy (non-hydrogen) atoms. The second kappa shape index (κ2) is 17.6. The highest BCUT2D eigenvalue weighted by atomic mass is 16.5. The van der Waals surface area contributed by atoms with E-state index in [-0.39, 0.29) is 35.3 Å². The van der Waals surface area contributed by atoms with Crippen LogP contribution in [0.2, 0.25) is 0 Å². The molecule has 0 saturated carbocycles. The van der Waals surface area contributed by atoms with E-state index in [1.165, 1.54) is 5.69 Å². The number of nitrogens with one attached hydrogen (secondary N) is 3. The molecule has 6 aromatic rings. The van der Waals surface area contributed by atoms with Gasteiger partial charge in [0.1, 0.15) is 12.0 Å². The molecule has 4 aliphatic heterocycles. The summed E-state index contributed by atoms with van der Waals surface area (Å²) >= 11 is 0. The van der Waals surface area contributed by atoms with E-state index in [2.05, 4.69) is 75.8 Å². The van der Waals surface area contributed by atoms with Crippen molar-refractivity contribution in [3.05, 3.63) is 95.5 Å². The molecule has 0 radical (unpaired) electrons. The number of imide groups is 1. The van der Waals surface area contributed by atoms with Crippen LogP contribution < -0.4 is 25.3 Å². The number of pyridine rings is 1. The summed E-state index contributed by atoms with van der Waals surface area (Å²) in [7, 11) is 0. The number of aromatic nitrogens is 6. The fourth-order valence-electron chi connectivity index (χ4n) is 9.83. The minimum atomic E-state index is -0.415. The number of aryl methyl sites for hydroxylation is 1. The highest BCUT2D eigenvalue weighted by molar-refractivity contribution is 6.05. The van der Waals surface area contributed by atoms with Crippen molar-refractivity contribution in [1.29, 1.82) is 0 Å². The van der Waals surface area contributed by atoms with Crippen LogP contribution in [0.1, 0.15) is 86.2 Å². The quantitative estimate of drug-likeness (QED) is 0.142. The number of ether oxygens (including phenoxy) is 1. The average Bonchev–Trinajstić information content (AvgIpc) is 3.95. The Morgan fingerprint density at radius 3 is 2.52 bits per heavy atom. The molecule has 17 heteroatoms. The third kappa shape index (κ3) is 8.72. The Balaban J connectivity index is 0.761. The predicted octanol–water partition coefficient (Wildman–Crippen LogP) is 6.55. The Labute approximate surface area is 383 Å². The lowest BCUT2D eigenvalue weighted by Crippen LogP contribution is -2.56. The van der Waals surface area contributed by atoms with Crippen LogP contribution in [0, 0.1) is 12.8 Å². The minimum Gasteiger partial charge on any atom is -0.375 e. The molecule has 3 saturated heterocycles. The fourth-order valence-corrected chi connectivity index (χ4v) is 9.83. The van der Waals surface area contributed by atoms with Gasteiger partial charge in [0, 0.05) is 85.5 Å². The van der Waals surface area contributed by atoms with Gasteiger partial charge < -0.3 is 29.4 Å². The van der Waals surface area contributed by atoms with E-state index in [9.17, 15) is 14.4 Å². The van der Waals surface area contributed by atoms with E-state index < -0.39 is 5.91 Å². The van der Waals surface area contributed by atoms with E-state index in [4.69, 9.17) is 19.2 Å². The molecule has 17 nitrogen and oxygen atoms in total. The number of benzene rings is 2. The second-order valence-electron chi connectivity index (χ2n) is 19.1. The van der Waals surface area contributed by atoms with E-state index >= 15 is 0 Å². The zero-order valence-corrected chi connectivity index (χ0v) is 38.1. The number of nitrogens with zero attached hydrogens (tertiary/aromatic N) is 9. The van der Waals surface area contributed by atoms with E-state index in [0.717, 1.165) is 114 Å². The first kappa shape index (κ1) is 43.2. The summed E-state index contributed by atoms with van der Waals surface area (Å²) in [6.45, 7) is 17.4. The van der Waals surface area contributed by atoms with Crippen molar-refractivity contribution in [3.63, 3.8) is 0 Å². The Morgan fingerprint density at radius 2 is 1.76 bits per heavy atom. The molecular weight excluding hydrogens is 837 g/mol. The first-order valence-electron chi connectivity index (χ1n) is 23.0. The van der Waals surface area contributed by atoms with Crippen molar-refractivity contribution < 1.29 is 23.6 Å². The first-order chi connectivity index (χ1) is 31.8. The van der Waals surface area contributed by atoms with Crippen LogP contribution in [0.25, 0.3) is 33.7 Å². The first-order valence-corrected chi connectivity index (χ1v) is 23.0. The molecule has 8 heterocycles. The Bertz CT molecular complexity index is 2790. The summed E-state index contributed by atoms with van der Waals surface area (Å²) < 4.78 is 11.6. The third-order valence-electron chi connectivity index (χ3n) is 13.5. The van der Waals surface area contributed by atoms with Crippen LogP contribution in [-0.2, 0) is 21.6 Å². The van der Waals surface area contributed by atoms with Crippen molar-refractivity contribution in [2.24, 2.45) is 5.92 Å². The van der Waals surface area contributed by atoms with Gasteiger partial charge in [0.05, 0.1) is 54.3 Å². The van der Waals surface area contributed by atoms with Gasteiger partial charge in [0.25, 0.3) is 0 Å². The highest BCUT2D eigenvalue weighted by Gasteiger charge is 2.33. The number of H-pyrrole nitrogens is 1. The lowest BCUT2D eigenvalue weighted by Gasteiger charge is -2.44. The van der Waals surface area contributed by atoms with Crippen molar-refractivity contribution in [2.45, 2.75) is 78.0 Å². The fraction of sp³-hybridized carbons (Fsp3) is 0.429.